The maximum atomic E-state index is 12.9. The van der Waals surface area contributed by atoms with Crippen molar-refractivity contribution >= 4 is 29.1 Å². The van der Waals surface area contributed by atoms with E-state index in [0.717, 1.165) is 4.68 Å². The first kappa shape index (κ1) is 19.8. The molecule has 8 nitrogen and oxygen atoms in total. The van der Waals surface area contributed by atoms with Gasteiger partial charge >= 0.3 is 6.18 Å². The fourth-order valence-corrected chi connectivity index (χ4v) is 2.61. The van der Waals surface area contributed by atoms with Crippen molar-refractivity contribution in [3.63, 3.8) is 0 Å². The predicted molar refractivity (Wildman–Crippen MR) is 86.7 cm³/mol. The molecule has 1 atom stereocenters. The molecule has 0 saturated carbocycles. The van der Waals surface area contributed by atoms with Crippen LogP contribution < -0.4 is 11.1 Å². The maximum Gasteiger partial charge on any atom is 0.436 e. The van der Waals surface area contributed by atoms with Gasteiger partial charge in [-0.1, -0.05) is 11.6 Å². The summed E-state index contributed by atoms with van der Waals surface area (Å²) >= 11 is 5.69. The van der Waals surface area contributed by atoms with Crippen LogP contribution in [-0.2, 0) is 17.5 Å². The number of nitrogens with two attached hydrogens (primary N) is 1. The number of amides is 2. The maximum absolute atomic E-state index is 12.9. The Morgan fingerprint density at radius 1 is 1.42 bits per heavy atom. The molecule has 0 spiro atoms. The minimum Gasteiger partial charge on any atom is -0.364 e. The van der Waals surface area contributed by atoms with Crippen LogP contribution in [0.25, 0.3) is 0 Å². The topological polar surface area (TPSA) is 108 Å². The Labute approximate surface area is 151 Å². The number of nitrogens with one attached hydrogen (secondary N) is 1. The fourth-order valence-electron chi connectivity index (χ4n) is 2.38. The number of rotatable bonds is 5. The number of carbonyl (C=O) groups is 2. The SMILES string of the molecule is CCn1ncc(NC(=O)[C@@H](C)n2nc(C(F)(F)F)c(Cl)c2C)c1C(N)=O. The third-order valence-electron chi connectivity index (χ3n) is 3.72. The van der Waals surface area contributed by atoms with Crippen LogP contribution in [-0.4, -0.2) is 31.4 Å². The van der Waals surface area contributed by atoms with E-state index < -0.39 is 34.7 Å². The van der Waals surface area contributed by atoms with Gasteiger partial charge in [0.25, 0.3) is 5.91 Å². The van der Waals surface area contributed by atoms with Crippen LogP contribution in [0, 0.1) is 6.92 Å². The van der Waals surface area contributed by atoms with Crippen LogP contribution in [0.5, 0.6) is 0 Å². The number of anilines is 1. The zero-order chi connectivity index (χ0) is 19.8. The Balaban J connectivity index is 2.32. The summed E-state index contributed by atoms with van der Waals surface area (Å²) in [5.41, 5.74) is 4.04. The molecule has 12 heteroatoms. The molecule has 2 heterocycles. The van der Waals surface area contributed by atoms with E-state index in [2.05, 4.69) is 15.5 Å². The Morgan fingerprint density at radius 3 is 2.50 bits per heavy atom. The number of hydrogen-bond donors (Lipinski definition) is 2. The van der Waals surface area contributed by atoms with Crippen molar-refractivity contribution in [2.45, 2.75) is 39.5 Å². The monoisotopic (exact) mass is 392 g/mol. The molecule has 142 valence electrons. The summed E-state index contributed by atoms with van der Waals surface area (Å²) in [5.74, 6) is -1.51. The number of alkyl halides is 3. The molecule has 0 unspecified atom stereocenters. The van der Waals surface area contributed by atoms with E-state index >= 15 is 0 Å². The second kappa shape index (κ2) is 6.98. The molecule has 3 N–H and O–H groups in total. The van der Waals surface area contributed by atoms with Gasteiger partial charge in [0, 0.05) is 6.54 Å². The van der Waals surface area contributed by atoms with Gasteiger partial charge in [0.2, 0.25) is 5.91 Å². The predicted octanol–water partition coefficient (Wildman–Crippen LogP) is 2.38. The van der Waals surface area contributed by atoms with Gasteiger partial charge in [0.15, 0.2) is 5.69 Å². The molecule has 0 radical (unpaired) electrons. The number of primary amides is 1. The van der Waals surface area contributed by atoms with Crippen molar-refractivity contribution in [3.8, 4) is 0 Å². The number of hydrogen-bond acceptors (Lipinski definition) is 4. The van der Waals surface area contributed by atoms with Crippen LogP contribution in [0.1, 0.15) is 41.8 Å². The van der Waals surface area contributed by atoms with Crippen LogP contribution in [0.3, 0.4) is 0 Å². The molecule has 0 aliphatic heterocycles. The summed E-state index contributed by atoms with van der Waals surface area (Å²) in [4.78, 5) is 24.0. The molecule has 0 aliphatic rings. The van der Waals surface area contributed by atoms with Crippen molar-refractivity contribution in [3.05, 3.63) is 28.3 Å². The van der Waals surface area contributed by atoms with Crippen molar-refractivity contribution in [2.75, 3.05) is 5.32 Å². The van der Waals surface area contributed by atoms with Gasteiger partial charge in [-0.25, -0.2) is 0 Å². The number of halogens is 4. The molecule has 2 aromatic rings. The third kappa shape index (κ3) is 3.52. The van der Waals surface area contributed by atoms with Crippen molar-refractivity contribution in [1.82, 2.24) is 19.6 Å². The Hall–Kier alpha value is -2.56. The summed E-state index contributed by atoms with van der Waals surface area (Å²) in [6.07, 6.45) is -3.51. The van der Waals surface area contributed by atoms with E-state index in [1.807, 2.05) is 0 Å². The zero-order valence-corrected chi connectivity index (χ0v) is 14.8. The molecular formula is C14H16ClF3N6O2. The van der Waals surface area contributed by atoms with Gasteiger partial charge in [-0.05, 0) is 20.8 Å². The van der Waals surface area contributed by atoms with Crippen molar-refractivity contribution in [2.24, 2.45) is 5.73 Å². The van der Waals surface area contributed by atoms with E-state index in [-0.39, 0.29) is 17.1 Å². The fraction of sp³-hybridized carbons (Fsp3) is 0.429. The first-order valence-electron chi connectivity index (χ1n) is 7.47. The standard InChI is InChI=1S/C14H16ClF3N6O2/c1-4-23-10(12(19)25)8(5-20-23)21-13(26)7(3)24-6(2)9(15)11(22-24)14(16,17)18/h5,7H,4H2,1-3H3,(H2,19,25)(H,21,26)/t7-/m1/s1. The minimum absolute atomic E-state index is 0.0129. The molecule has 2 amide bonds. The van der Waals surface area contributed by atoms with Crippen LogP contribution in [0.15, 0.2) is 6.20 Å². The van der Waals surface area contributed by atoms with Crippen molar-refractivity contribution < 1.29 is 22.8 Å². The highest BCUT2D eigenvalue weighted by Gasteiger charge is 2.39. The third-order valence-corrected chi connectivity index (χ3v) is 4.17. The summed E-state index contributed by atoms with van der Waals surface area (Å²) < 4.78 is 40.9. The minimum atomic E-state index is -4.75. The second-order valence-electron chi connectivity index (χ2n) is 5.44. The molecule has 0 aliphatic carbocycles. The zero-order valence-electron chi connectivity index (χ0n) is 14.1. The van der Waals surface area contributed by atoms with Crippen LogP contribution in [0.2, 0.25) is 5.02 Å². The first-order chi connectivity index (χ1) is 12.0. The smallest absolute Gasteiger partial charge is 0.364 e. The summed E-state index contributed by atoms with van der Waals surface area (Å²) in [6, 6.07) is -1.13. The van der Waals surface area contributed by atoms with Crippen molar-refractivity contribution in [1.29, 1.82) is 0 Å². The summed E-state index contributed by atoms with van der Waals surface area (Å²) in [7, 11) is 0. The molecule has 0 fully saturated rings. The molecule has 0 aromatic carbocycles. The highest BCUT2D eigenvalue weighted by atomic mass is 35.5. The van der Waals surface area contributed by atoms with Gasteiger partial charge in [-0.3, -0.25) is 19.0 Å². The highest BCUT2D eigenvalue weighted by Crippen LogP contribution is 2.36. The van der Waals surface area contributed by atoms with Gasteiger partial charge < -0.3 is 11.1 Å². The lowest BCUT2D eigenvalue weighted by Gasteiger charge is -2.14. The summed E-state index contributed by atoms with van der Waals surface area (Å²) in [5, 5.41) is 9.18. The number of aryl methyl sites for hydroxylation is 1. The second-order valence-corrected chi connectivity index (χ2v) is 5.82. The highest BCUT2D eigenvalue weighted by molar-refractivity contribution is 6.32. The van der Waals surface area contributed by atoms with Gasteiger partial charge in [-0.15, -0.1) is 0 Å². The Bertz CT molecular complexity index is 858. The van der Waals surface area contributed by atoms with Crippen LogP contribution in [0.4, 0.5) is 18.9 Å². The van der Waals surface area contributed by atoms with Gasteiger partial charge in [0.1, 0.15) is 11.7 Å². The molecule has 2 aromatic heterocycles. The molecule has 0 bridgehead atoms. The number of carbonyl (C=O) groups excluding carboxylic acids is 2. The average molecular weight is 393 g/mol. The van der Waals surface area contributed by atoms with E-state index in [9.17, 15) is 22.8 Å². The Morgan fingerprint density at radius 2 is 2.04 bits per heavy atom. The van der Waals surface area contributed by atoms with E-state index in [0.29, 0.717) is 6.54 Å². The quantitative estimate of drug-likeness (QED) is 0.814. The van der Waals surface area contributed by atoms with E-state index in [4.69, 9.17) is 17.3 Å². The normalized spacial score (nSPS) is 12.9. The molecule has 26 heavy (non-hydrogen) atoms. The van der Waals surface area contributed by atoms with Gasteiger partial charge in [0.05, 0.1) is 22.6 Å². The molecular weight excluding hydrogens is 377 g/mol. The Kier molecular flexibility index (Phi) is 5.31. The first-order valence-corrected chi connectivity index (χ1v) is 7.85. The van der Waals surface area contributed by atoms with Crippen LogP contribution >= 0.6 is 11.6 Å². The van der Waals surface area contributed by atoms with E-state index in [1.165, 1.54) is 24.7 Å². The lowest BCUT2D eigenvalue weighted by Crippen LogP contribution is -2.27. The van der Waals surface area contributed by atoms with Gasteiger partial charge in [-0.2, -0.15) is 23.4 Å². The molecule has 2 rings (SSSR count). The lowest BCUT2D eigenvalue weighted by molar-refractivity contribution is -0.141. The number of nitrogens with zero attached hydrogens (tertiary/aromatic N) is 4. The average Bonchev–Trinajstić information content (AvgIpc) is 3.08. The lowest BCUT2D eigenvalue weighted by atomic mass is 10.2. The largest absolute Gasteiger partial charge is 0.436 e. The molecule has 0 saturated heterocycles. The summed E-state index contributed by atoms with van der Waals surface area (Å²) in [6.45, 7) is 4.73. The van der Waals surface area contributed by atoms with E-state index in [1.54, 1.807) is 6.92 Å². The number of aromatic nitrogens is 4.